The van der Waals surface area contributed by atoms with Crippen LogP contribution in [0.5, 0.6) is 5.75 Å². The summed E-state index contributed by atoms with van der Waals surface area (Å²) < 4.78 is 5.20. The van der Waals surface area contributed by atoms with Crippen LogP contribution in [0.4, 0.5) is 0 Å². The van der Waals surface area contributed by atoms with Crippen LogP contribution in [0, 0.1) is 0 Å². The molecule has 0 saturated carbocycles. The molecule has 2 amide bonds. The number of rotatable bonds is 4. The average Bonchev–Trinajstić information content (AvgIpc) is 2.95. The standard InChI is InChI=1S/C21H23ClN2O3/c1-27-19-5-2-4-17(15-19)21(26)24-11-3-10-23(12-13-24)20(25)14-16-6-8-18(22)9-7-16/h2,4-9,15H,3,10-14H2,1H3. The quantitative estimate of drug-likeness (QED) is 0.810. The summed E-state index contributed by atoms with van der Waals surface area (Å²) in [6, 6.07) is 14.5. The van der Waals surface area contributed by atoms with Crippen molar-refractivity contribution < 1.29 is 14.3 Å². The van der Waals surface area contributed by atoms with Gasteiger partial charge in [-0.15, -0.1) is 0 Å². The highest BCUT2D eigenvalue weighted by atomic mass is 35.5. The van der Waals surface area contributed by atoms with Crippen molar-refractivity contribution >= 4 is 23.4 Å². The Morgan fingerprint density at radius 2 is 1.70 bits per heavy atom. The number of carbonyl (C=O) groups excluding carboxylic acids is 2. The zero-order valence-electron chi connectivity index (χ0n) is 15.4. The molecule has 27 heavy (non-hydrogen) atoms. The monoisotopic (exact) mass is 386 g/mol. The van der Waals surface area contributed by atoms with E-state index < -0.39 is 0 Å². The number of nitrogens with zero attached hydrogens (tertiary/aromatic N) is 2. The molecule has 0 atom stereocenters. The van der Waals surface area contributed by atoms with E-state index in [-0.39, 0.29) is 11.8 Å². The van der Waals surface area contributed by atoms with Crippen molar-refractivity contribution in [2.75, 3.05) is 33.3 Å². The molecule has 1 fully saturated rings. The Labute approximate surface area is 164 Å². The van der Waals surface area contributed by atoms with Gasteiger partial charge in [0.05, 0.1) is 13.5 Å². The lowest BCUT2D eigenvalue weighted by Crippen LogP contribution is -2.38. The maximum Gasteiger partial charge on any atom is 0.254 e. The summed E-state index contributed by atoms with van der Waals surface area (Å²) in [4.78, 5) is 29.0. The highest BCUT2D eigenvalue weighted by molar-refractivity contribution is 6.30. The average molecular weight is 387 g/mol. The van der Waals surface area contributed by atoms with Crippen molar-refractivity contribution in [3.63, 3.8) is 0 Å². The Morgan fingerprint density at radius 1 is 1.00 bits per heavy atom. The Hall–Kier alpha value is -2.53. The zero-order valence-corrected chi connectivity index (χ0v) is 16.1. The van der Waals surface area contributed by atoms with E-state index in [4.69, 9.17) is 16.3 Å². The van der Waals surface area contributed by atoms with Crippen molar-refractivity contribution in [1.29, 1.82) is 0 Å². The first-order valence-electron chi connectivity index (χ1n) is 9.02. The Morgan fingerprint density at radius 3 is 2.44 bits per heavy atom. The molecule has 5 nitrogen and oxygen atoms in total. The van der Waals surface area contributed by atoms with Gasteiger partial charge in [-0.25, -0.2) is 0 Å². The lowest BCUT2D eigenvalue weighted by Gasteiger charge is -2.22. The SMILES string of the molecule is COc1cccc(C(=O)N2CCCN(C(=O)Cc3ccc(Cl)cc3)CC2)c1. The van der Waals surface area contributed by atoms with Crippen LogP contribution in [0.15, 0.2) is 48.5 Å². The molecule has 1 aliphatic heterocycles. The van der Waals surface area contributed by atoms with Crippen LogP contribution in [-0.2, 0) is 11.2 Å². The third-order valence-corrected chi connectivity index (χ3v) is 4.97. The van der Waals surface area contributed by atoms with E-state index in [0.717, 1.165) is 12.0 Å². The molecule has 6 heteroatoms. The van der Waals surface area contributed by atoms with E-state index in [1.807, 2.05) is 34.1 Å². The van der Waals surface area contributed by atoms with E-state index in [2.05, 4.69) is 0 Å². The van der Waals surface area contributed by atoms with Gasteiger partial charge < -0.3 is 14.5 Å². The predicted octanol–water partition coefficient (Wildman–Crippen LogP) is 3.27. The number of halogens is 1. The molecular formula is C21H23ClN2O3. The Bertz CT molecular complexity index is 807. The number of ether oxygens (including phenoxy) is 1. The van der Waals surface area contributed by atoms with E-state index in [9.17, 15) is 9.59 Å². The van der Waals surface area contributed by atoms with Crippen molar-refractivity contribution in [1.82, 2.24) is 9.80 Å². The van der Waals surface area contributed by atoms with Crippen LogP contribution >= 0.6 is 11.6 Å². The molecule has 0 aromatic heterocycles. The normalized spacial score (nSPS) is 14.6. The summed E-state index contributed by atoms with van der Waals surface area (Å²) in [6.45, 7) is 2.37. The molecule has 3 rings (SSSR count). The number of hydrogen-bond donors (Lipinski definition) is 0. The van der Waals surface area contributed by atoms with Gasteiger partial charge in [0.15, 0.2) is 0 Å². The second-order valence-corrected chi connectivity index (χ2v) is 7.00. The second-order valence-electron chi connectivity index (χ2n) is 6.56. The van der Waals surface area contributed by atoms with E-state index in [0.29, 0.717) is 48.9 Å². The van der Waals surface area contributed by atoms with Gasteiger partial charge in [-0.1, -0.05) is 29.8 Å². The number of methoxy groups -OCH3 is 1. The van der Waals surface area contributed by atoms with Crippen LogP contribution < -0.4 is 4.74 Å². The molecule has 142 valence electrons. The molecule has 2 aromatic carbocycles. The van der Waals surface area contributed by atoms with E-state index in [1.54, 1.807) is 31.4 Å². The van der Waals surface area contributed by atoms with Crippen molar-refractivity contribution in [3.05, 3.63) is 64.7 Å². The predicted molar refractivity (Wildman–Crippen MR) is 105 cm³/mol. The van der Waals surface area contributed by atoms with Crippen LogP contribution in [-0.4, -0.2) is 54.9 Å². The van der Waals surface area contributed by atoms with Crippen molar-refractivity contribution in [2.24, 2.45) is 0 Å². The maximum atomic E-state index is 12.8. The van der Waals surface area contributed by atoms with E-state index in [1.165, 1.54) is 0 Å². The molecule has 0 radical (unpaired) electrons. The lowest BCUT2D eigenvalue weighted by molar-refractivity contribution is -0.130. The molecule has 2 aromatic rings. The number of benzene rings is 2. The highest BCUT2D eigenvalue weighted by Crippen LogP contribution is 2.16. The Kier molecular flexibility index (Phi) is 6.35. The smallest absolute Gasteiger partial charge is 0.254 e. The first-order valence-corrected chi connectivity index (χ1v) is 9.40. The number of amides is 2. The van der Waals surface area contributed by atoms with Gasteiger partial charge in [0.2, 0.25) is 5.91 Å². The number of hydrogen-bond acceptors (Lipinski definition) is 3. The van der Waals surface area contributed by atoms with Crippen molar-refractivity contribution in [2.45, 2.75) is 12.8 Å². The zero-order chi connectivity index (χ0) is 19.2. The summed E-state index contributed by atoms with van der Waals surface area (Å²) in [5.74, 6) is 0.712. The topological polar surface area (TPSA) is 49.9 Å². The van der Waals surface area contributed by atoms with Gasteiger partial charge in [-0.2, -0.15) is 0 Å². The molecule has 0 unspecified atom stereocenters. The van der Waals surface area contributed by atoms with E-state index >= 15 is 0 Å². The molecule has 1 heterocycles. The molecular weight excluding hydrogens is 364 g/mol. The fraction of sp³-hybridized carbons (Fsp3) is 0.333. The van der Waals surface area contributed by atoms with Crippen LogP contribution in [0.1, 0.15) is 22.3 Å². The van der Waals surface area contributed by atoms with Gasteiger partial charge in [0.1, 0.15) is 5.75 Å². The lowest BCUT2D eigenvalue weighted by atomic mass is 10.1. The fourth-order valence-electron chi connectivity index (χ4n) is 3.20. The van der Waals surface area contributed by atoms with Crippen LogP contribution in [0.25, 0.3) is 0 Å². The summed E-state index contributed by atoms with van der Waals surface area (Å²) in [6.07, 6.45) is 1.11. The first-order chi connectivity index (χ1) is 13.1. The van der Waals surface area contributed by atoms with Crippen LogP contribution in [0.3, 0.4) is 0 Å². The first kappa shape index (κ1) is 19.2. The molecule has 0 bridgehead atoms. The minimum absolute atomic E-state index is 0.0269. The largest absolute Gasteiger partial charge is 0.497 e. The van der Waals surface area contributed by atoms with Gasteiger partial charge in [-0.05, 0) is 42.3 Å². The third-order valence-electron chi connectivity index (χ3n) is 4.72. The molecule has 1 saturated heterocycles. The summed E-state index contributed by atoms with van der Waals surface area (Å²) in [5, 5.41) is 0.660. The highest BCUT2D eigenvalue weighted by Gasteiger charge is 2.23. The maximum absolute atomic E-state index is 12.8. The summed E-state index contributed by atoms with van der Waals surface area (Å²) in [5.41, 5.74) is 1.55. The summed E-state index contributed by atoms with van der Waals surface area (Å²) in [7, 11) is 1.58. The number of carbonyl (C=O) groups is 2. The van der Waals surface area contributed by atoms with Gasteiger partial charge >= 0.3 is 0 Å². The summed E-state index contributed by atoms with van der Waals surface area (Å²) >= 11 is 5.89. The van der Waals surface area contributed by atoms with Gasteiger partial charge in [0.25, 0.3) is 5.91 Å². The second kappa shape index (κ2) is 8.91. The minimum Gasteiger partial charge on any atom is -0.497 e. The third kappa shape index (κ3) is 5.01. The fourth-order valence-corrected chi connectivity index (χ4v) is 3.32. The molecule has 0 N–H and O–H groups in total. The molecule has 1 aliphatic rings. The molecule has 0 aliphatic carbocycles. The minimum atomic E-state index is -0.0269. The molecule has 0 spiro atoms. The van der Waals surface area contributed by atoms with Gasteiger partial charge in [0, 0.05) is 36.8 Å². The Balaban J connectivity index is 1.60. The van der Waals surface area contributed by atoms with Crippen molar-refractivity contribution in [3.8, 4) is 5.75 Å². The van der Waals surface area contributed by atoms with Crippen LogP contribution in [0.2, 0.25) is 5.02 Å². The van der Waals surface area contributed by atoms with Gasteiger partial charge in [-0.3, -0.25) is 9.59 Å².